The fourth-order valence-corrected chi connectivity index (χ4v) is 1.48. The van der Waals surface area contributed by atoms with Crippen molar-refractivity contribution < 1.29 is 4.92 Å². The maximum atomic E-state index is 10.7. The highest BCUT2D eigenvalue weighted by Gasteiger charge is 2.11. The highest BCUT2D eigenvalue weighted by molar-refractivity contribution is 5.53. The van der Waals surface area contributed by atoms with Gasteiger partial charge in [-0.25, -0.2) is 0 Å². The summed E-state index contributed by atoms with van der Waals surface area (Å²) in [6.07, 6.45) is 0. The van der Waals surface area contributed by atoms with E-state index in [0.29, 0.717) is 17.4 Å². The largest absolute Gasteiger partial charge is 0.385 e. The zero-order valence-corrected chi connectivity index (χ0v) is 10.9. The Bertz CT molecular complexity index is 402. The number of aryl methyl sites for hydroxylation is 1. The fourth-order valence-electron chi connectivity index (χ4n) is 1.48. The molecular weight excluding hydrogens is 216 g/mol. The van der Waals surface area contributed by atoms with Crippen molar-refractivity contribution in [3.05, 3.63) is 33.9 Å². The molecule has 0 fully saturated rings. The Labute approximate surface area is 102 Å². The lowest BCUT2D eigenvalue weighted by Gasteiger charge is -2.17. The molecule has 1 unspecified atom stereocenters. The van der Waals surface area contributed by atoms with Crippen molar-refractivity contribution in [3.63, 3.8) is 0 Å². The van der Waals surface area contributed by atoms with Gasteiger partial charge in [0.1, 0.15) is 0 Å². The molecule has 0 radical (unpaired) electrons. The summed E-state index contributed by atoms with van der Waals surface area (Å²) in [5.74, 6) is 1.20. The molecule has 1 aromatic carbocycles. The molecular formula is C13H20N2O2. The zero-order chi connectivity index (χ0) is 13.0. The number of nitro benzene ring substituents is 1. The van der Waals surface area contributed by atoms with Crippen molar-refractivity contribution in [1.29, 1.82) is 0 Å². The van der Waals surface area contributed by atoms with E-state index in [0.717, 1.165) is 12.2 Å². The molecule has 94 valence electrons. The van der Waals surface area contributed by atoms with Crippen LogP contribution in [0.15, 0.2) is 18.2 Å². The summed E-state index contributed by atoms with van der Waals surface area (Å²) in [5, 5.41) is 14.0. The van der Waals surface area contributed by atoms with Gasteiger partial charge in [-0.05, 0) is 30.9 Å². The van der Waals surface area contributed by atoms with E-state index in [1.165, 1.54) is 0 Å². The van der Waals surface area contributed by atoms with Crippen molar-refractivity contribution in [1.82, 2.24) is 0 Å². The van der Waals surface area contributed by atoms with Gasteiger partial charge < -0.3 is 5.32 Å². The van der Waals surface area contributed by atoms with Gasteiger partial charge in [-0.15, -0.1) is 0 Å². The van der Waals surface area contributed by atoms with Gasteiger partial charge in [-0.2, -0.15) is 0 Å². The second kappa shape index (κ2) is 5.66. The number of rotatable bonds is 5. The van der Waals surface area contributed by atoms with E-state index in [2.05, 4.69) is 26.1 Å². The minimum absolute atomic E-state index is 0.174. The van der Waals surface area contributed by atoms with Crippen molar-refractivity contribution in [2.75, 3.05) is 11.9 Å². The first-order chi connectivity index (χ1) is 7.91. The molecule has 0 aromatic heterocycles. The van der Waals surface area contributed by atoms with E-state index in [-0.39, 0.29) is 10.6 Å². The number of nitrogens with zero attached hydrogens (tertiary/aromatic N) is 1. The van der Waals surface area contributed by atoms with Crippen LogP contribution in [0.2, 0.25) is 0 Å². The van der Waals surface area contributed by atoms with Gasteiger partial charge in [-0.3, -0.25) is 10.1 Å². The fraction of sp³-hybridized carbons (Fsp3) is 0.538. The van der Waals surface area contributed by atoms with Gasteiger partial charge in [0.15, 0.2) is 0 Å². The molecule has 17 heavy (non-hydrogen) atoms. The normalized spacial score (nSPS) is 12.5. The molecule has 1 N–H and O–H groups in total. The minimum atomic E-state index is -0.351. The predicted molar refractivity (Wildman–Crippen MR) is 70.3 cm³/mol. The number of hydrogen-bond donors (Lipinski definition) is 1. The summed E-state index contributed by atoms with van der Waals surface area (Å²) in [7, 11) is 0. The van der Waals surface area contributed by atoms with Gasteiger partial charge in [-0.1, -0.05) is 20.8 Å². The lowest BCUT2D eigenvalue weighted by molar-refractivity contribution is -0.385. The number of anilines is 1. The Kier molecular flexibility index (Phi) is 4.49. The van der Waals surface area contributed by atoms with Gasteiger partial charge >= 0.3 is 0 Å². The molecule has 0 bridgehead atoms. The molecule has 0 saturated heterocycles. The number of hydrogen-bond acceptors (Lipinski definition) is 3. The molecule has 1 atom stereocenters. The molecule has 0 aliphatic heterocycles. The van der Waals surface area contributed by atoms with Crippen LogP contribution in [0.5, 0.6) is 0 Å². The van der Waals surface area contributed by atoms with Gasteiger partial charge in [0.25, 0.3) is 5.69 Å². The summed E-state index contributed by atoms with van der Waals surface area (Å²) in [6, 6.07) is 5.14. The second-order valence-electron chi connectivity index (χ2n) is 4.86. The van der Waals surface area contributed by atoms with Crippen LogP contribution in [0.1, 0.15) is 26.3 Å². The molecule has 4 nitrogen and oxygen atoms in total. The van der Waals surface area contributed by atoms with E-state index in [9.17, 15) is 10.1 Å². The molecule has 0 aliphatic carbocycles. The predicted octanol–water partition coefficient (Wildman–Crippen LogP) is 3.61. The Hall–Kier alpha value is -1.58. The number of nitrogens with one attached hydrogen (secondary N) is 1. The van der Waals surface area contributed by atoms with Crippen LogP contribution in [0.4, 0.5) is 11.4 Å². The van der Waals surface area contributed by atoms with Crippen molar-refractivity contribution >= 4 is 11.4 Å². The summed E-state index contributed by atoms with van der Waals surface area (Å²) in [5.41, 5.74) is 1.81. The topological polar surface area (TPSA) is 55.2 Å². The van der Waals surface area contributed by atoms with Crippen LogP contribution in [0.25, 0.3) is 0 Å². The van der Waals surface area contributed by atoms with Crippen LogP contribution in [0, 0.1) is 28.9 Å². The molecule has 0 heterocycles. The van der Waals surface area contributed by atoms with E-state index < -0.39 is 0 Å². The Balaban J connectivity index is 2.68. The first-order valence-corrected chi connectivity index (χ1v) is 5.90. The summed E-state index contributed by atoms with van der Waals surface area (Å²) in [4.78, 5) is 10.3. The van der Waals surface area contributed by atoms with Gasteiger partial charge in [0.05, 0.1) is 4.92 Å². The third-order valence-corrected chi connectivity index (χ3v) is 3.16. The maximum Gasteiger partial charge on any atom is 0.272 e. The summed E-state index contributed by atoms with van der Waals surface area (Å²) in [6.45, 7) is 9.21. The Morgan fingerprint density at radius 3 is 2.47 bits per heavy atom. The van der Waals surface area contributed by atoms with Crippen molar-refractivity contribution in [2.45, 2.75) is 27.7 Å². The van der Waals surface area contributed by atoms with Gasteiger partial charge in [0.2, 0.25) is 0 Å². The molecule has 0 amide bonds. The lowest BCUT2D eigenvalue weighted by atomic mass is 9.98. The average molecular weight is 236 g/mol. The second-order valence-corrected chi connectivity index (χ2v) is 4.86. The molecule has 0 saturated carbocycles. The molecule has 1 rings (SSSR count). The summed E-state index contributed by atoms with van der Waals surface area (Å²) < 4.78 is 0. The molecule has 4 heteroatoms. The first-order valence-electron chi connectivity index (χ1n) is 5.90. The third-order valence-electron chi connectivity index (χ3n) is 3.16. The van der Waals surface area contributed by atoms with E-state index in [4.69, 9.17) is 0 Å². The maximum absolute atomic E-state index is 10.7. The quantitative estimate of drug-likeness (QED) is 0.627. The van der Waals surface area contributed by atoms with Crippen LogP contribution in [0.3, 0.4) is 0 Å². The minimum Gasteiger partial charge on any atom is -0.385 e. The Morgan fingerprint density at radius 2 is 2.00 bits per heavy atom. The molecule has 0 spiro atoms. The van der Waals surface area contributed by atoms with Crippen molar-refractivity contribution in [2.24, 2.45) is 11.8 Å². The first kappa shape index (κ1) is 13.5. The smallest absolute Gasteiger partial charge is 0.272 e. The number of benzene rings is 1. The van der Waals surface area contributed by atoms with Crippen LogP contribution in [-0.2, 0) is 0 Å². The van der Waals surface area contributed by atoms with Crippen LogP contribution < -0.4 is 5.32 Å². The Morgan fingerprint density at radius 1 is 1.35 bits per heavy atom. The molecule has 0 aliphatic rings. The standard InChI is InChI=1S/C13H20N2O2/c1-9(2)11(4)8-14-12-5-6-13(15(16)17)10(3)7-12/h5-7,9,11,14H,8H2,1-4H3. The highest BCUT2D eigenvalue weighted by Crippen LogP contribution is 2.22. The highest BCUT2D eigenvalue weighted by atomic mass is 16.6. The van der Waals surface area contributed by atoms with Crippen molar-refractivity contribution in [3.8, 4) is 0 Å². The van der Waals surface area contributed by atoms with E-state index >= 15 is 0 Å². The third kappa shape index (κ3) is 3.73. The zero-order valence-electron chi connectivity index (χ0n) is 10.9. The monoisotopic (exact) mass is 236 g/mol. The average Bonchev–Trinajstić information content (AvgIpc) is 2.25. The molecule has 1 aromatic rings. The summed E-state index contributed by atoms with van der Waals surface area (Å²) >= 11 is 0. The lowest BCUT2D eigenvalue weighted by Crippen LogP contribution is -2.16. The number of nitro groups is 1. The van der Waals surface area contributed by atoms with Gasteiger partial charge in [0, 0.05) is 23.9 Å². The van der Waals surface area contributed by atoms with Crippen LogP contribution in [-0.4, -0.2) is 11.5 Å². The SMILES string of the molecule is Cc1cc(NCC(C)C(C)C)ccc1[N+](=O)[O-]. The van der Waals surface area contributed by atoms with Crippen LogP contribution >= 0.6 is 0 Å². The van der Waals surface area contributed by atoms with E-state index in [1.54, 1.807) is 19.1 Å². The van der Waals surface area contributed by atoms with E-state index in [1.807, 2.05) is 6.07 Å².